The van der Waals surface area contributed by atoms with E-state index < -0.39 is 21.2 Å². The lowest BCUT2D eigenvalue weighted by Crippen LogP contribution is -2.44. The molecule has 3 aliphatic rings. The number of hydrogen-bond acceptors (Lipinski definition) is 9. The molecule has 6 rings (SSSR count). The molecule has 0 aromatic heterocycles. The smallest absolute Gasteiger partial charge is 0.264 e. The van der Waals surface area contributed by atoms with Gasteiger partial charge in [0.15, 0.2) is 0 Å². The van der Waals surface area contributed by atoms with Crippen LogP contribution in [0.3, 0.4) is 0 Å². The second kappa shape index (κ2) is 18.2. The van der Waals surface area contributed by atoms with Gasteiger partial charge in [-0.05, 0) is 111 Å². The number of sulfonamides is 1. The monoisotopic (exact) mass is 779 g/mol. The maximum atomic E-state index is 13.5. The molecular weight excluding hydrogens is 726 g/mol. The van der Waals surface area contributed by atoms with Gasteiger partial charge in [-0.1, -0.05) is 42.8 Å². The van der Waals surface area contributed by atoms with Gasteiger partial charge >= 0.3 is 0 Å². The Morgan fingerprint density at radius 3 is 2.63 bits per heavy atom. The molecule has 54 heavy (non-hydrogen) atoms. The summed E-state index contributed by atoms with van der Waals surface area (Å²) in [5.74, 6) is 1.94. The first-order valence-electron chi connectivity index (χ1n) is 19.1. The third kappa shape index (κ3) is 9.72. The van der Waals surface area contributed by atoms with Gasteiger partial charge in [0, 0.05) is 48.4 Å². The molecule has 1 amide bonds. The second-order valence-electron chi connectivity index (χ2n) is 14.8. The number of methoxy groups -OCH3 is 2. The molecule has 0 unspecified atom stereocenters. The van der Waals surface area contributed by atoms with Crippen LogP contribution in [0.4, 0.5) is 5.69 Å². The zero-order valence-corrected chi connectivity index (χ0v) is 33.4. The summed E-state index contributed by atoms with van der Waals surface area (Å²) in [6.45, 7) is 7.23. The molecule has 2 heterocycles. The third-order valence-electron chi connectivity index (χ3n) is 11.3. The number of nitrogens with zero attached hydrogens (tertiary/aromatic N) is 1. The molecule has 10 nitrogen and oxygen atoms in total. The standard InChI is InChI=1S/C42H54ClN3O7S/c1-28-8-7-10-39(52-21-19-44-25-32-12-16-36(50-3)24-41(32)51-4)37-17-13-33(37)26-46-20-6-5-9-30-22-35(43)15-11-34(30)27-53-40-18-14-31(23-38(40)46)42(47)45-54(48,49)29(28)2/h7,10-12,14-16,18,22-24,28-29,33,37,39,44H,5-6,8-9,13,17,19-21,25-27H2,1-4H3,(H,45,47)/b10-7+/t28-,29+,33-,37+,39-/m0/s1. The molecule has 1 fully saturated rings. The van der Waals surface area contributed by atoms with Gasteiger partial charge in [0.1, 0.15) is 23.9 Å². The van der Waals surface area contributed by atoms with Crippen LogP contribution in [0.1, 0.15) is 73.0 Å². The Kier molecular flexibility index (Phi) is 13.5. The highest BCUT2D eigenvalue weighted by molar-refractivity contribution is 7.90. The Bertz CT molecular complexity index is 1900. The third-order valence-corrected chi connectivity index (χ3v) is 13.5. The SMILES string of the molecule is COc1ccc(CNCCO[C@H]2/C=C/C[C@H](C)[C@@H](C)S(=O)(=O)NC(=O)c3ccc4c(c3)N(CCCCc3cc(Cl)ccc3CO4)C[C@@H]3CC[C@H]32)c(OC)c1. The van der Waals surface area contributed by atoms with Crippen LogP contribution in [0.15, 0.2) is 66.7 Å². The molecule has 0 radical (unpaired) electrons. The fourth-order valence-corrected chi connectivity index (χ4v) is 9.11. The predicted octanol–water partition coefficient (Wildman–Crippen LogP) is 7.32. The van der Waals surface area contributed by atoms with Gasteiger partial charge in [-0.2, -0.15) is 0 Å². The van der Waals surface area contributed by atoms with Crippen molar-refractivity contribution >= 4 is 33.2 Å². The molecule has 12 heteroatoms. The average molecular weight is 780 g/mol. The average Bonchev–Trinajstić information content (AvgIpc) is 3.18. The highest BCUT2D eigenvalue weighted by atomic mass is 35.5. The molecule has 0 spiro atoms. The molecule has 1 aliphatic carbocycles. The molecule has 1 saturated carbocycles. The van der Waals surface area contributed by atoms with Crippen molar-refractivity contribution in [3.8, 4) is 17.2 Å². The highest BCUT2D eigenvalue weighted by Gasteiger charge is 2.38. The number of benzene rings is 3. The van der Waals surface area contributed by atoms with Crippen LogP contribution >= 0.6 is 11.6 Å². The van der Waals surface area contributed by atoms with Crippen molar-refractivity contribution in [3.63, 3.8) is 0 Å². The van der Waals surface area contributed by atoms with E-state index >= 15 is 0 Å². The normalized spacial score (nSPS) is 25.0. The van der Waals surface area contributed by atoms with Crippen molar-refractivity contribution in [1.82, 2.24) is 10.0 Å². The van der Waals surface area contributed by atoms with Crippen molar-refractivity contribution in [3.05, 3.63) is 94.0 Å². The highest BCUT2D eigenvalue weighted by Crippen LogP contribution is 2.42. The number of aryl methyl sites for hydroxylation is 1. The number of carbonyl (C=O) groups excluding carboxylic acids is 1. The van der Waals surface area contributed by atoms with E-state index in [1.165, 1.54) is 5.56 Å². The van der Waals surface area contributed by atoms with E-state index in [9.17, 15) is 13.2 Å². The Morgan fingerprint density at radius 1 is 1.00 bits per heavy atom. The number of carbonyl (C=O) groups is 1. The molecular formula is C42H54ClN3O7S. The van der Waals surface area contributed by atoms with Crippen LogP contribution in [0, 0.1) is 17.8 Å². The van der Waals surface area contributed by atoms with Crippen molar-refractivity contribution in [2.45, 2.75) is 76.9 Å². The number of anilines is 1. The van der Waals surface area contributed by atoms with Gasteiger partial charge in [-0.25, -0.2) is 13.1 Å². The first kappa shape index (κ1) is 39.9. The molecule has 3 aromatic rings. The van der Waals surface area contributed by atoms with Crippen LogP contribution in [0.5, 0.6) is 17.2 Å². The number of ether oxygens (including phenoxy) is 4. The van der Waals surface area contributed by atoms with Crippen molar-refractivity contribution in [1.29, 1.82) is 0 Å². The second-order valence-corrected chi connectivity index (χ2v) is 17.3. The summed E-state index contributed by atoms with van der Waals surface area (Å²) in [6.07, 6.45) is 9.48. The Morgan fingerprint density at radius 2 is 1.85 bits per heavy atom. The minimum absolute atomic E-state index is 0.127. The summed E-state index contributed by atoms with van der Waals surface area (Å²) in [7, 11) is -0.660. The van der Waals surface area contributed by atoms with E-state index in [-0.39, 0.29) is 23.5 Å². The maximum Gasteiger partial charge on any atom is 0.264 e. The topological polar surface area (TPSA) is 115 Å². The number of rotatable bonds is 8. The van der Waals surface area contributed by atoms with E-state index in [0.717, 1.165) is 73.5 Å². The lowest BCUT2D eigenvalue weighted by atomic mass is 9.70. The largest absolute Gasteiger partial charge is 0.497 e. The molecule has 2 N–H and O–H groups in total. The van der Waals surface area contributed by atoms with Crippen LogP contribution in [-0.4, -0.2) is 66.1 Å². The summed E-state index contributed by atoms with van der Waals surface area (Å²) >= 11 is 6.38. The minimum Gasteiger partial charge on any atom is -0.497 e. The van der Waals surface area contributed by atoms with E-state index in [0.29, 0.717) is 49.4 Å². The lowest BCUT2D eigenvalue weighted by Gasteiger charge is -2.44. The Labute approximate surface area is 325 Å². The van der Waals surface area contributed by atoms with E-state index in [1.807, 2.05) is 43.3 Å². The van der Waals surface area contributed by atoms with Gasteiger partial charge in [-0.15, -0.1) is 0 Å². The molecule has 3 aromatic carbocycles. The van der Waals surface area contributed by atoms with Crippen molar-refractivity contribution in [2.75, 3.05) is 45.4 Å². The van der Waals surface area contributed by atoms with E-state index in [4.69, 9.17) is 30.5 Å². The summed E-state index contributed by atoms with van der Waals surface area (Å²) in [4.78, 5) is 15.9. The molecule has 292 valence electrons. The minimum atomic E-state index is -3.95. The maximum absolute atomic E-state index is 13.5. The zero-order valence-electron chi connectivity index (χ0n) is 31.8. The van der Waals surface area contributed by atoms with Crippen molar-refractivity contribution in [2.24, 2.45) is 17.8 Å². The fourth-order valence-electron chi connectivity index (χ4n) is 7.63. The zero-order chi connectivity index (χ0) is 38.2. The van der Waals surface area contributed by atoms with E-state index in [2.05, 4.69) is 27.1 Å². The quantitative estimate of drug-likeness (QED) is 0.179. The van der Waals surface area contributed by atoms with Crippen molar-refractivity contribution < 1.29 is 32.2 Å². The van der Waals surface area contributed by atoms with Crippen LogP contribution < -0.4 is 29.1 Å². The first-order chi connectivity index (χ1) is 26.1. The number of allylic oxidation sites excluding steroid dienone is 1. The molecule has 2 aliphatic heterocycles. The number of nitrogens with one attached hydrogen (secondary N) is 2. The predicted molar refractivity (Wildman–Crippen MR) is 213 cm³/mol. The Balaban J connectivity index is 1.24. The first-order valence-corrected chi connectivity index (χ1v) is 21.0. The van der Waals surface area contributed by atoms with E-state index in [1.54, 1.807) is 39.3 Å². The summed E-state index contributed by atoms with van der Waals surface area (Å²) in [6, 6.07) is 17.0. The summed E-state index contributed by atoms with van der Waals surface area (Å²) in [5, 5.41) is 3.41. The van der Waals surface area contributed by atoms with Gasteiger partial charge in [-0.3, -0.25) is 4.79 Å². The van der Waals surface area contributed by atoms with Gasteiger partial charge in [0.25, 0.3) is 5.91 Å². The van der Waals surface area contributed by atoms with Crippen LogP contribution in [0.25, 0.3) is 0 Å². The summed E-state index contributed by atoms with van der Waals surface area (Å²) < 4.78 is 53.4. The molecule has 2 bridgehead atoms. The number of fused-ring (bicyclic) bond motifs is 3. The van der Waals surface area contributed by atoms with Crippen LogP contribution in [-0.2, 0) is 34.3 Å². The number of amides is 1. The number of hydrogen-bond donors (Lipinski definition) is 2. The fraction of sp³-hybridized carbons (Fsp3) is 0.500. The molecule has 0 saturated heterocycles. The van der Waals surface area contributed by atoms with Gasteiger partial charge in [0.2, 0.25) is 10.0 Å². The lowest BCUT2D eigenvalue weighted by molar-refractivity contribution is -0.0125. The Hall–Kier alpha value is -3.77. The molecule has 5 atom stereocenters. The van der Waals surface area contributed by atoms with Gasteiger partial charge in [0.05, 0.1) is 37.9 Å². The number of halogens is 1. The van der Waals surface area contributed by atoms with Gasteiger partial charge < -0.3 is 29.2 Å². The van der Waals surface area contributed by atoms with Crippen LogP contribution in [0.2, 0.25) is 5.02 Å². The summed E-state index contributed by atoms with van der Waals surface area (Å²) in [5.41, 5.74) is 4.37.